The first kappa shape index (κ1) is 13.2. The lowest BCUT2D eigenvalue weighted by Gasteiger charge is -2.09. The Balaban J connectivity index is 2.07. The number of nitrogens with two attached hydrogens (primary N) is 1. The topological polar surface area (TPSA) is 67.1 Å². The maximum Gasteiger partial charge on any atom is 0.323 e. The summed E-state index contributed by atoms with van der Waals surface area (Å²) >= 11 is 5.79. The second kappa shape index (κ2) is 5.58. The van der Waals surface area contributed by atoms with Crippen molar-refractivity contribution in [1.82, 2.24) is 0 Å². The second-order valence-electron chi connectivity index (χ2n) is 3.83. The first-order valence-electron chi connectivity index (χ1n) is 5.43. The minimum absolute atomic E-state index is 0.0135. The van der Waals surface area contributed by atoms with E-state index in [2.05, 4.69) is 10.6 Å². The third-order valence-corrected chi connectivity index (χ3v) is 2.56. The van der Waals surface area contributed by atoms with Gasteiger partial charge in [-0.1, -0.05) is 17.7 Å². The summed E-state index contributed by atoms with van der Waals surface area (Å²) in [5.74, 6) is -0.560. The lowest BCUT2D eigenvalue weighted by Crippen LogP contribution is -2.20. The van der Waals surface area contributed by atoms with Gasteiger partial charge >= 0.3 is 6.03 Å². The first-order valence-corrected chi connectivity index (χ1v) is 5.81. The van der Waals surface area contributed by atoms with Gasteiger partial charge in [-0.2, -0.15) is 0 Å². The van der Waals surface area contributed by atoms with Crippen LogP contribution in [0.15, 0.2) is 42.5 Å². The van der Waals surface area contributed by atoms with Crippen molar-refractivity contribution < 1.29 is 9.18 Å². The molecule has 0 aromatic heterocycles. The molecule has 0 bridgehead atoms. The zero-order valence-corrected chi connectivity index (χ0v) is 10.5. The van der Waals surface area contributed by atoms with Gasteiger partial charge in [0.15, 0.2) is 0 Å². The molecule has 6 heteroatoms. The molecule has 0 heterocycles. The van der Waals surface area contributed by atoms with E-state index in [1.165, 1.54) is 18.2 Å². The smallest absolute Gasteiger partial charge is 0.323 e. The Kier molecular flexibility index (Phi) is 3.87. The van der Waals surface area contributed by atoms with E-state index in [1.54, 1.807) is 24.3 Å². The van der Waals surface area contributed by atoms with Crippen molar-refractivity contribution in [2.24, 2.45) is 0 Å². The molecule has 0 fully saturated rings. The predicted molar refractivity (Wildman–Crippen MR) is 74.9 cm³/mol. The number of rotatable bonds is 2. The lowest BCUT2D eigenvalue weighted by atomic mass is 10.2. The van der Waals surface area contributed by atoms with E-state index in [4.69, 9.17) is 17.3 Å². The Morgan fingerprint density at radius 1 is 1.16 bits per heavy atom. The fourth-order valence-electron chi connectivity index (χ4n) is 1.49. The highest BCUT2D eigenvalue weighted by Crippen LogP contribution is 2.19. The van der Waals surface area contributed by atoms with Crippen LogP contribution >= 0.6 is 11.6 Å². The SMILES string of the molecule is Nc1ccc(F)c(NC(=O)Nc2cccc(Cl)c2)c1. The van der Waals surface area contributed by atoms with E-state index in [0.29, 0.717) is 16.4 Å². The fraction of sp³-hybridized carbons (Fsp3) is 0. The standard InChI is InChI=1S/C13H11ClFN3O/c14-8-2-1-3-10(6-8)17-13(19)18-12-7-9(16)4-5-11(12)15/h1-7H,16H2,(H2,17,18,19). The van der Waals surface area contributed by atoms with Gasteiger partial charge in [0, 0.05) is 16.4 Å². The van der Waals surface area contributed by atoms with Crippen molar-refractivity contribution in [1.29, 1.82) is 0 Å². The van der Waals surface area contributed by atoms with Crippen LogP contribution in [0, 0.1) is 5.82 Å². The van der Waals surface area contributed by atoms with Gasteiger partial charge in [-0.05, 0) is 36.4 Å². The molecule has 19 heavy (non-hydrogen) atoms. The van der Waals surface area contributed by atoms with Crippen LogP contribution < -0.4 is 16.4 Å². The molecule has 2 rings (SSSR count). The number of urea groups is 1. The third-order valence-electron chi connectivity index (χ3n) is 2.32. The van der Waals surface area contributed by atoms with E-state index in [9.17, 15) is 9.18 Å². The minimum Gasteiger partial charge on any atom is -0.399 e. The fourth-order valence-corrected chi connectivity index (χ4v) is 1.68. The average Bonchev–Trinajstić information content (AvgIpc) is 2.34. The molecular formula is C13H11ClFN3O. The van der Waals surface area contributed by atoms with Gasteiger partial charge in [-0.15, -0.1) is 0 Å². The molecule has 2 aromatic rings. The summed E-state index contributed by atoms with van der Waals surface area (Å²) in [6.45, 7) is 0. The van der Waals surface area contributed by atoms with Crippen molar-refractivity contribution in [3.8, 4) is 0 Å². The van der Waals surface area contributed by atoms with Crippen LogP contribution in [0.1, 0.15) is 0 Å². The molecule has 0 aliphatic rings. The van der Waals surface area contributed by atoms with Crippen molar-refractivity contribution >= 4 is 34.7 Å². The number of carbonyl (C=O) groups excluding carboxylic acids is 1. The summed E-state index contributed by atoms with van der Waals surface area (Å²) in [7, 11) is 0. The summed E-state index contributed by atoms with van der Waals surface area (Å²) in [6, 6.07) is 9.98. The Labute approximate surface area is 114 Å². The van der Waals surface area contributed by atoms with Crippen molar-refractivity contribution in [3.63, 3.8) is 0 Å². The molecule has 0 aliphatic heterocycles. The van der Waals surface area contributed by atoms with E-state index in [1.807, 2.05) is 0 Å². The van der Waals surface area contributed by atoms with Gasteiger partial charge in [-0.25, -0.2) is 9.18 Å². The Morgan fingerprint density at radius 2 is 1.95 bits per heavy atom. The normalized spacial score (nSPS) is 10.0. The number of anilines is 3. The maximum atomic E-state index is 13.4. The molecule has 0 spiro atoms. The number of carbonyl (C=O) groups is 1. The number of benzene rings is 2. The van der Waals surface area contributed by atoms with E-state index >= 15 is 0 Å². The quantitative estimate of drug-likeness (QED) is 0.734. The molecule has 4 N–H and O–H groups in total. The van der Waals surface area contributed by atoms with Crippen LogP contribution in [0.5, 0.6) is 0 Å². The average molecular weight is 280 g/mol. The molecule has 2 aromatic carbocycles. The third kappa shape index (κ3) is 3.59. The van der Waals surface area contributed by atoms with Gasteiger partial charge in [0.25, 0.3) is 0 Å². The number of hydrogen-bond acceptors (Lipinski definition) is 2. The molecule has 2 amide bonds. The number of hydrogen-bond donors (Lipinski definition) is 3. The molecule has 0 saturated heterocycles. The predicted octanol–water partition coefficient (Wildman–Crippen LogP) is 3.71. The van der Waals surface area contributed by atoms with E-state index in [-0.39, 0.29) is 5.69 Å². The largest absolute Gasteiger partial charge is 0.399 e. The Hall–Kier alpha value is -2.27. The Morgan fingerprint density at radius 3 is 2.68 bits per heavy atom. The van der Waals surface area contributed by atoms with Crippen molar-refractivity contribution in [2.45, 2.75) is 0 Å². The number of nitrogen functional groups attached to an aromatic ring is 1. The van der Waals surface area contributed by atoms with Crippen LogP contribution in [0.25, 0.3) is 0 Å². The van der Waals surface area contributed by atoms with E-state index in [0.717, 1.165) is 0 Å². The highest BCUT2D eigenvalue weighted by molar-refractivity contribution is 6.30. The zero-order chi connectivity index (χ0) is 13.8. The van der Waals surface area contributed by atoms with Gasteiger partial charge in [0.2, 0.25) is 0 Å². The van der Waals surface area contributed by atoms with Crippen molar-refractivity contribution in [2.75, 3.05) is 16.4 Å². The molecular weight excluding hydrogens is 269 g/mol. The Bertz CT molecular complexity index is 619. The maximum absolute atomic E-state index is 13.4. The first-order chi connectivity index (χ1) is 9.04. The summed E-state index contributed by atoms with van der Waals surface area (Å²) in [4.78, 5) is 11.7. The molecule has 0 atom stereocenters. The molecule has 0 radical (unpaired) electrons. The monoisotopic (exact) mass is 279 g/mol. The highest BCUT2D eigenvalue weighted by atomic mass is 35.5. The molecule has 0 aliphatic carbocycles. The van der Waals surface area contributed by atoms with Gasteiger partial charge < -0.3 is 16.4 Å². The van der Waals surface area contributed by atoms with Crippen LogP contribution in [-0.4, -0.2) is 6.03 Å². The summed E-state index contributed by atoms with van der Waals surface area (Å²) in [6.07, 6.45) is 0. The number of nitrogens with one attached hydrogen (secondary N) is 2. The van der Waals surface area contributed by atoms with Crippen molar-refractivity contribution in [3.05, 3.63) is 53.3 Å². The van der Waals surface area contributed by atoms with Crippen LogP contribution in [0.2, 0.25) is 5.02 Å². The van der Waals surface area contributed by atoms with Crippen LogP contribution in [-0.2, 0) is 0 Å². The van der Waals surface area contributed by atoms with Crippen LogP contribution in [0.4, 0.5) is 26.2 Å². The number of amides is 2. The van der Waals surface area contributed by atoms with Gasteiger partial charge in [0.1, 0.15) is 5.82 Å². The molecule has 4 nitrogen and oxygen atoms in total. The second-order valence-corrected chi connectivity index (χ2v) is 4.27. The minimum atomic E-state index is -0.577. The zero-order valence-electron chi connectivity index (χ0n) is 9.78. The summed E-state index contributed by atoms with van der Waals surface area (Å²) < 4.78 is 13.4. The lowest BCUT2D eigenvalue weighted by molar-refractivity contribution is 0.262. The van der Waals surface area contributed by atoms with Gasteiger partial charge in [0.05, 0.1) is 5.69 Å². The van der Waals surface area contributed by atoms with Crippen LogP contribution in [0.3, 0.4) is 0 Å². The van der Waals surface area contributed by atoms with Gasteiger partial charge in [-0.3, -0.25) is 0 Å². The highest BCUT2D eigenvalue weighted by Gasteiger charge is 2.07. The van der Waals surface area contributed by atoms with E-state index < -0.39 is 11.8 Å². The number of halogens is 2. The summed E-state index contributed by atoms with van der Waals surface area (Å²) in [5, 5.41) is 5.40. The molecule has 0 unspecified atom stereocenters. The molecule has 0 saturated carbocycles. The molecule has 98 valence electrons. The summed E-state index contributed by atoms with van der Waals surface area (Å²) in [5.41, 5.74) is 6.40.